The van der Waals surface area contributed by atoms with Crippen LogP contribution in [0, 0.1) is 0 Å². The van der Waals surface area contributed by atoms with Crippen molar-refractivity contribution in [2.45, 2.75) is 32.4 Å². The molecule has 1 aliphatic rings. The quantitative estimate of drug-likeness (QED) is 0.917. The number of phenols is 1. The third kappa shape index (κ3) is 3.64. The highest BCUT2D eigenvalue weighted by Crippen LogP contribution is 2.26. The Bertz CT molecular complexity index is 436. The number of ether oxygens (including phenoxy) is 1. The summed E-state index contributed by atoms with van der Waals surface area (Å²) >= 11 is 0. The van der Waals surface area contributed by atoms with Gasteiger partial charge >= 0.3 is 0 Å². The minimum Gasteiger partial charge on any atom is -0.508 e. The molecule has 1 heterocycles. The van der Waals surface area contributed by atoms with Crippen molar-refractivity contribution in [3.05, 3.63) is 23.8 Å². The van der Waals surface area contributed by atoms with Crippen LogP contribution in [0.15, 0.2) is 18.2 Å². The average Bonchev–Trinajstić information content (AvgIpc) is 2.62. The molecule has 1 aromatic rings. The van der Waals surface area contributed by atoms with Crippen LogP contribution in [0.5, 0.6) is 11.5 Å². The third-order valence-corrected chi connectivity index (χ3v) is 4.16. The van der Waals surface area contributed by atoms with Gasteiger partial charge in [-0.15, -0.1) is 0 Å². The van der Waals surface area contributed by atoms with Gasteiger partial charge in [0.1, 0.15) is 11.5 Å². The highest BCUT2D eigenvalue weighted by molar-refractivity contribution is 5.39. The van der Waals surface area contributed by atoms with Gasteiger partial charge in [0.05, 0.1) is 7.11 Å². The maximum atomic E-state index is 10.0. The molecule has 4 heteroatoms. The van der Waals surface area contributed by atoms with Gasteiger partial charge in [-0.05, 0) is 44.6 Å². The normalized spacial score (nSPS) is 21.6. The second-order valence-electron chi connectivity index (χ2n) is 5.64. The van der Waals surface area contributed by atoms with E-state index in [1.807, 2.05) is 6.07 Å². The minimum atomic E-state index is 0.359. The van der Waals surface area contributed by atoms with Crippen molar-refractivity contribution in [2.24, 2.45) is 0 Å². The van der Waals surface area contributed by atoms with Crippen molar-refractivity contribution in [3.8, 4) is 11.5 Å². The molecule has 1 fully saturated rings. The van der Waals surface area contributed by atoms with Crippen molar-refractivity contribution in [1.29, 1.82) is 0 Å². The van der Waals surface area contributed by atoms with E-state index in [4.69, 9.17) is 4.74 Å². The second kappa shape index (κ2) is 6.95. The lowest BCUT2D eigenvalue weighted by Crippen LogP contribution is -2.39. The van der Waals surface area contributed by atoms with E-state index in [-0.39, 0.29) is 0 Å². The van der Waals surface area contributed by atoms with Crippen molar-refractivity contribution in [3.63, 3.8) is 0 Å². The van der Waals surface area contributed by atoms with Crippen LogP contribution in [-0.4, -0.2) is 54.7 Å². The van der Waals surface area contributed by atoms with Gasteiger partial charge in [0.15, 0.2) is 0 Å². The molecule has 0 spiro atoms. The molecule has 0 aromatic heterocycles. The number of hydrogen-bond acceptors (Lipinski definition) is 4. The van der Waals surface area contributed by atoms with Crippen LogP contribution in [0.4, 0.5) is 0 Å². The van der Waals surface area contributed by atoms with Crippen molar-refractivity contribution >= 4 is 0 Å². The van der Waals surface area contributed by atoms with E-state index < -0.39 is 0 Å². The van der Waals surface area contributed by atoms with E-state index in [0.29, 0.717) is 11.8 Å². The van der Waals surface area contributed by atoms with Crippen LogP contribution < -0.4 is 4.74 Å². The van der Waals surface area contributed by atoms with Crippen LogP contribution in [0.3, 0.4) is 0 Å². The zero-order valence-corrected chi connectivity index (χ0v) is 12.8. The predicted molar refractivity (Wildman–Crippen MR) is 81.3 cm³/mol. The first kappa shape index (κ1) is 15.1. The minimum absolute atomic E-state index is 0.359. The predicted octanol–water partition coefficient (Wildman–Crippen LogP) is 2.32. The highest BCUT2D eigenvalue weighted by Gasteiger charge is 2.22. The maximum absolute atomic E-state index is 10.0. The summed E-state index contributed by atoms with van der Waals surface area (Å²) in [6.45, 7) is 6.36. The Hall–Kier alpha value is -1.26. The topological polar surface area (TPSA) is 35.9 Å². The summed E-state index contributed by atoms with van der Waals surface area (Å²) in [4.78, 5) is 4.89. The Morgan fingerprint density at radius 1 is 1.35 bits per heavy atom. The summed E-state index contributed by atoms with van der Waals surface area (Å²) in [6, 6.07) is 6.01. The summed E-state index contributed by atoms with van der Waals surface area (Å²) in [5, 5.41) is 10.0. The number of likely N-dealkylation sites (N-methyl/N-ethyl adjacent to an activating group) is 1. The highest BCUT2D eigenvalue weighted by atomic mass is 16.5. The lowest BCUT2D eigenvalue weighted by molar-refractivity contribution is 0.174. The summed E-state index contributed by atoms with van der Waals surface area (Å²) in [6.07, 6.45) is 2.31. The van der Waals surface area contributed by atoms with Gasteiger partial charge in [0, 0.05) is 31.2 Å². The zero-order chi connectivity index (χ0) is 14.5. The molecule has 1 atom stereocenters. The largest absolute Gasteiger partial charge is 0.508 e. The molecule has 1 aromatic carbocycles. The van der Waals surface area contributed by atoms with E-state index in [1.54, 1.807) is 19.2 Å². The number of hydrogen-bond donors (Lipinski definition) is 1. The third-order valence-electron chi connectivity index (χ3n) is 4.16. The summed E-state index contributed by atoms with van der Waals surface area (Å²) in [5.74, 6) is 1.16. The molecular weight excluding hydrogens is 252 g/mol. The fraction of sp³-hybridized carbons (Fsp3) is 0.625. The lowest BCUT2D eigenvalue weighted by Gasteiger charge is -2.30. The number of methoxy groups -OCH3 is 1. The van der Waals surface area contributed by atoms with E-state index in [2.05, 4.69) is 23.8 Å². The van der Waals surface area contributed by atoms with Crippen LogP contribution in [0.2, 0.25) is 0 Å². The van der Waals surface area contributed by atoms with Gasteiger partial charge in [-0.2, -0.15) is 0 Å². The molecular formula is C16H26N2O2. The van der Waals surface area contributed by atoms with E-state index >= 15 is 0 Å². The summed E-state index contributed by atoms with van der Waals surface area (Å²) in [7, 11) is 3.85. The van der Waals surface area contributed by atoms with Crippen molar-refractivity contribution in [2.75, 3.05) is 33.8 Å². The molecule has 1 unspecified atom stereocenters. The second-order valence-corrected chi connectivity index (χ2v) is 5.64. The van der Waals surface area contributed by atoms with E-state index in [0.717, 1.165) is 43.9 Å². The van der Waals surface area contributed by atoms with Crippen LogP contribution in [0.25, 0.3) is 0 Å². The van der Waals surface area contributed by atoms with Gasteiger partial charge in [0.25, 0.3) is 0 Å². The van der Waals surface area contributed by atoms with Gasteiger partial charge in [0.2, 0.25) is 0 Å². The SMILES string of the molecule is CCC1CN(C)CCCN1Cc1cc(OC)ccc1O. The molecule has 20 heavy (non-hydrogen) atoms. The molecule has 0 radical (unpaired) electrons. The van der Waals surface area contributed by atoms with Gasteiger partial charge in [-0.3, -0.25) is 4.90 Å². The zero-order valence-electron chi connectivity index (χ0n) is 12.8. The first-order valence-electron chi connectivity index (χ1n) is 7.42. The van der Waals surface area contributed by atoms with Gasteiger partial charge < -0.3 is 14.7 Å². The lowest BCUT2D eigenvalue weighted by atomic mass is 10.1. The van der Waals surface area contributed by atoms with E-state index in [9.17, 15) is 5.11 Å². The number of nitrogens with zero attached hydrogens (tertiary/aromatic N) is 2. The summed E-state index contributed by atoms with van der Waals surface area (Å²) < 4.78 is 5.26. The van der Waals surface area contributed by atoms with Crippen LogP contribution in [-0.2, 0) is 6.54 Å². The first-order chi connectivity index (χ1) is 9.63. The molecule has 112 valence electrons. The Balaban J connectivity index is 2.14. The summed E-state index contributed by atoms with van der Waals surface area (Å²) in [5.41, 5.74) is 0.951. The molecule has 1 aliphatic heterocycles. The smallest absolute Gasteiger partial charge is 0.120 e. The standard InChI is InChI=1S/C16H26N2O2/c1-4-14-12-17(2)8-5-9-18(14)11-13-10-15(20-3)6-7-16(13)19/h6-7,10,14,19H,4-5,8-9,11-12H2,1-3H3. The molecule has 1 saturated heterocycles. The monoisotopic (exact) mass is 278 g/mol. The fourth-order valence-corrected chi connectivity index (χ4v) is 2.92. The molecule has 0 saturated carbocycles. The fourth-order valence-electron chi connectivity index (χ4n) is 2.92. The maximum Gasteiger partial charge on any atom is 0.120 e. The average molecular weight is 278 g/mol. The van der Waals surface area contributed by atoms with E-state index in [1.165, 1.54) is 6.42 Å². The van der Waals surface area contributed by atoms with Gasteiger partial charge in [-0.25, -0.2) is 0 Å². The molecule has 1 N–H and O–H groups in total. The number of phenolic OH excluding ortho intramolecular Hbond substituents is 1. The van der Waals surface area contributed by atoms with Crippen LogP contribution in [0.1, 0.15) is 25.3 Å². The Kier molecular flexibility index (Phi) is 5.26. The molecule has 4 nitrogen and oxygen atoms in total. The molecule has 0 amide bonds. The van der Waals surface area contributed by atoms with Crippen LogP contribution >= 0.6 is 0 Å². The Morgan fingerprint density at radius 2 is 2.15 bits per heavy atom. The number of aromatic hydroxyl groups is 1. The molecule has 0 bridgehead atoms. The number of rotatable bonds is 4. The number of benzene rings is 1. The van der Waals surface area contributed by atoms with Crippen molar-refractivity contribution < 1.29 is 9.84 Å². The molecule has 0 aliphatic carbocycles. The Morgan fingerprint density at radius 3 is 2.85 bits per heavy atom. The molecule has 2 rings (SSSR count). The first-order valence-corrected chi connectivity index (χ1v) is 7.42. The van der Waals surface area contributed by atoms with Crippen molar-refractivity contribution in [1.82, 2.24) is 9.80 Å². The van der Waals surface area contributed by atoms with Gasteiger partial charge in [-0.1, -0.05) is 6.92 Å². The Labute approximate surface area is 122 Å².